The molecule has 0 amide bonds. The average molecular weight is 229 g/mol. The number of rotatable bonds is 7. The third-order valence-electron chi connectivity index (χ3n) is 2.03. The fourth-order valence-electron chi connectivity index (χ4n) is 1.47. The summed E-state index contributed by atoms with van der Waals surface area (Å²) in [6.45, 7) is 7.48. The van der Waals surface area contributed by atoms with Crippen molar-refractivity contribution in [3.8, 4) is 0 Å². The standard InChI is InChI=1S/C9H19N5S/c1-3-5-14(6-4-2)7-8-12-13-9(11-10)15-8/h3-7,10H2,1-2H3,(H,11,13). The normalized spacial score (nSPS) is 10.9. The minimum absolute atomic E-state index is 0.679. The highest BCUT2D eigenvalue weighted by Crippen LogP contribution is 2.15. The lowest BCUT2D eigenvalue weighted by atomic mass is 10.3. The number of hydrazine groups is 1. The van der Waals surface area contributed by atoms with E-state index in [0.717, 1.165) is 24.6 Å². The Kier molecular flexibility index (Phi) is 5.52. The summed E-state index contributed by atoms with van der Waals surface area (Å²) in [7, 11) is 0. The number of aromatic nitrogens is 2. The highest BCUT2D eigenvalue weighted by molar-refractivity contribution is 7.15. The lowest BCUT2D eigenvalue weighted by Crippen LogP contribution is -2.24. The van der Waals surface area contributed by atoms with E-state index in [0.29, 0.717) is 5.13 Å². The van der Waals surface area contributed by atoms with Crippen LogP contribution >= 0.6 is 11.3 Å². The van der Waals surface area contributed by atoms with Crippen molar-refractivity contribution in [1.29, 1.82) is 0 Å². The van der Waals surface area contributed by atoms with Crippen LogP contribution in [0.25, 0.3) is 0 Å². The first-order valence-electron chi connectivity index (χ1n) is 5.31. The van der Waals surface area contributed by atoms with Gasteiger partial charge in [0.1, 0.15) is 5.01 Å². The van der Waals surface area contributed by atoms with Crippen LogP contribution in [0.4, 0.5) is 5.13 Å². The number of nitrogens with one attached hydrogen (secondary N) is 1. The third-order valence-corrected chi connectivity index (χ3v) is 2.87. The molecule has 0 aromatic carbocycles. The molecule has 6 heteroatoms. The fourth-order valence-corrected chi connectivity index (χ4v) is 2.16. The summed E-state index contributed by atoms with van der Waals surface area (Å²) in [4.78, 5) is 2.39. The zero-order valence-corrected chi connectivity index (χ0v) is 10.2. The van der Waals surface area contributed by atoms with Gasteiger partial charge in [0.15, 0.2) is 0 Å². The lowest BCUT2D eigenvalue weighted by Gasteiger charge is -2.18. The third kappa shape index (κ3) is 4.11. The Hall–Kier alpha value is -0.720. The summed E-state index contributed by atoms with van der Waals surface area (Å²) in [6.07, 6.45) is 2.33. The Labute approximate surface area is 94.7 Å². The maximum absolute atomic E-state index is 5.26. The van der Waals surface area contributed by atoms with Gasteiger partial charge >= 0.3 is 0 Å². The maximum atomic E-state index is 5.26. The maximum Gasteiger partial charge on any atom is 0.219 e. The highest BCUT2D eigenvalue weighted by atomic mass is 32.1. The molecule has 0 aliphatic rings. The number of hydrogen-bond acceptors (Lipinski definition) is 6. The van der Waals surface area contributed by atoms with Crippen molar-refractivity contribution in [1.82, 2.24) is 15.1 Å². The van der Waals surface area contributed by atoms with Crippen molar-refractivity contribution in [3.05, 3.63) is 5.01 Å². The first kappa shape index (κ1) is 12.4. The van der Waals surface area contributed by atoms with Gasteiger partial charge in [-0.15, -0.1) is 10.2 Å². The van der Waals surface area contributed by atoms with Gasteiger partial charge in [0.25, 0.3) is 0 Å². The van der Waals surface area contributed by atoms with Crippen LogP contribution in [0.1, 0.15) is 31.7 Å². The SMILES string of the molecule is CCCN(CCC)Cc1nnc(NN)s1. The van der Waals surface area contributed by atoms with E-state index < -0.39 is 0 Å². The van der Waals surface area contributed by atoms with Gasteiger partial charge in [0.2, 0.25) is 5.13 Å². The van der Waals surface area contributed by atoms with E-state index in [9.17, 15) is 0 Å². The second kappa shape index (κ2) is 6.71. The molecule has 0 spiro atoms. The van der Waals surface area contributed by atoms with Gasteiger partial charge < -0.3 is 0 Å². The minimum atomic E-state index is 0.679. The molecule has 0 atom stereocenters. The summed E-state index contributed by atoms with van der Waals surface area (Å²) >= 11 is 1.51. The Morgan fingerprint density at radius 1 is 1.27 bits per heavy atom. The number of anilines is 1. The molecule has 0 saturated carbocycles. The van der Waals surface area contributed by atoms with E-state index in [4.69, 9.17) is 5.84 Å². The Morgan fingerprint density at radius 3 is 2.40 bits per heavy atom. The average Bonchev–Trinajstić information content (AvgIpc) is 2.66. The van der Waals surface area contributed by atoms with Crippen LogP contribution in [0.5, 0.6) is 0 Å². The molecule has 1 aromatic heterocycles. The Morgan fingerprint density at radius 2 is 1.93 bits per heavy atom. The van der Waals surface area contributed by atoms with Gasteiger partial charge in [-0.3, -0.25) is 10.3 Å². The predicted molar refractivity (Wildman–Crippen MR) is 63.6 cm³/mol. The van der Waals surface area contributed by atoms with Crippen LogP contribution < -0.4 is 11.3 Å². The summed E-state index contributed by atoms with van der Waals surface area (Å²) in [5.41, 5.74) is 2.51. The number of nitrogen functional groups attached to an aromatic ring is 1. The van der Waals surface area contributed by atoms with Crippen molar-refractivity contribution in [3.63, 3.8) is 0 Å². The van der Waals surface area contributed by atoms with Crippen LogP contribution in [-0.4, -0.2) is 28.2 Å². The number of nitrogens with zero attached hydrogens (tertiary/aromatic N) is 3. The quantitative estimate of drug-likeness (QED) is 0.547. The molecule has 0 radical (unpaired) electrons. The monoisotopic (exact) mass is 229 g/mol. The second-order valence-corrected chi connectivity index (χ2v) is 4.48. The Bertz CT molecular complexity index is 269. The minimum Gasteiger partial charge on any atom is -0.298 e. The molecular weight excluding hydrogens is 210 g/mol. The first-order chi connectivity index (χ1) is 7.30. The van der Waals surface area contributed by atoms with E-state index in [2.05, 4.69) is 34.4 Å². The highest BCUT2D eigenvalue weighted by Gasteiger charge is 2.08. The van der Waals surface area contributed by atoms with E-state index in [-0.39, 0.29) is 0 Å². The second-order valence-electron chi connectivity index (χ2n) is 3.42. The van der Waals surface area contributed by atoms with Crippen LogP contribution in [0.15, 0.2) is 0 Å². The number of nitrogens with two attached hydrogens (primary N) is 1. The molecule has 15 heavy (non-hydrogen) atoms. The van der Waals surface area contributed by atoms with E-state index in [1.165, 1.54) is 24.2 Å². The van der Waals surface area contributed by atoms with Gasteiger partial charge in [-0.2, -0.15) is 0 Å². The predicted octanol–water partition coefficient (Wildman–Crippen LogP) is 1.45. The largest absolute Gasteiger partial charge is 0.298 e. The van der Waals surface area contributed by atoms with E-state index in [1.807, 2.05) is 0 Å². The topological polar surface area (TPSA) is 67.1 Å². The molecule has 1 heterocycles. The molecular formula is C9H19N5S. The van der Waals surface area contributed by atoms with Crippen molar-refractivity contribution >= 4 is 16.5 Å². The van der Waals surface area contributed by atoms with Gasteiger partial charge in [-0.25, -0.2) is 5.84 Å². The van der Waals surface area contributed by atoms with Gasteiger partial charge in [0, 0.05) is 0 Å². The smallest absolute Gasteiger partial charge is 0.219 e. The molecule has 0 aliphatic heterocycles. The van der Waals surface area contributed by atoms with Gasteiger partial charge in [0.05, 0.1) is 6.54 Å². The van der Waals surface area contributed by atoms with Crippen molar-refractivity contribution in [2.75, 3.05) is 18.5 Å². The van der Waals surface area contributed by atoms with Crippen molar-refractivity contribution < 1.29 is 0 Å². The van der Waals surface area contributed by atoms with E-state index in [1.54, 1.807) is 0 Å². The molecule has 0 bridgehead atoms. The van der Waals surface area contributed by atoms with Gasteiger partial charge in [-0.05, 0) is 25.9 Å². The molecule has 1 aromatic rings. The molecule has 0 aliphatic carbocycles. The number of hydrogen-bond donors (Lipinski definition) is 2. The molecule has 0 saturated heterocycles. The van der Waals surface area contributed by atoms with E-state index >= 15 is 0 Å². The molecule has 0 fully saturated rings. The Balaban J connectivity index is 2.48. The molecule has 5 nitrogen and oxygen atoms in total. The summed E-state index contributed by atoms with van der Waals surface area (Å²) in [6, 6.07) is 0. The molecule has 0 unspecified atom stereocenters. The fraction of sp³-hybridized carbons (Fsp3) is 0.778. The zero-order valence-electron chi connectivity index (χ0n) is 9.36. The first-order valence-corrected chi connectivity index (χ1v) is 6.13. The summed E-state index contributed by atoms with van der Waals surface area (Å²) in [5, 5.41) is 9.69. The molecule has 86 valence electrons. The molecule has 3 N–H and O–H groups in total. The zero-order chi connectivity index (χ0) is 11.1. The summed E-state index contributed by atoms with van der Waals surface area (Å²) < 4.78 is 0. The van der Waals surface area contributed by atoms with Crippen LogP contribution in [0.2, 0.25) is 0 Å². The van der Waals surface area contributed by atoms with Crippen LogP contribution in [-0.2, 0) is 6.54 Å². The van der Waals surface area contributed by atoms with Crippen molar-refractivity contribution in [2.24, 2.45) is 5.84 Å². The van der Waals surface area contributed by atoms with Gasteiger partial charge in [-0.1, -0.05) is 25.2 Å². The van der Waals surface area contributed by atoms with Crippen LogP contribution in [0.3, 0.4) is 0 Å². The summed E-state index contributed by atoms with van der Waals surface area (Å²) in [5.74, 6) is 5.26. The molecule has 1 rings (SSSR count). The van der Waals surface area contributed by atoms with Crippen molar-refractivity contribution in [2.45, 2.75) is 33.2 Å². The van der Waals surface area contributed by atoms with Crippen LogP contribution in [0, 0.1) is 0 Å². The lowest BCUT2D eigenvalue weighted by molar-refractivity contribution is 0.265.